The predicted octanol–water partition coefficient (Wildman–Crippen LogP) is 0.716. The number of carbonyl (C=O) groups is 2. The second-order valence-corrected chi connectivity index (χ2v) is 5.21. The summed E-state index contributed by atoms with van der Waals surface area (Å²) in [6, 6.07) is -0.740. The highest BCUT2D eigenvalue weighted by molar-refractivity contribution is 5.74. The maximum Gasteiger partial charge on any atom is 0.407 e. The van der Waals surface area contributed by atoms with Crippen molar-refractivity contribution in [3.05, 3.63) is 0 Å². The number of ether oxygens (including phenoxy) is 1. The van der Waals surface area contributed by atoms with E-state index in [2.05, 4.69) is 10.6 Å². The van der Waals surface area contributed by atoms with Crippen LogP contribution in [0, 0.1) is 0 Å². The number of aliphatic carboxylic acids is 1. The van der Waals surface area contributed by atoms with Crippen LogP contribution in [0.25, 0.3) is 0 Å². The van der Waals surface area contributed by atoms with E-state index in [0.717, 1.165) is 0 Å². The number of nitrogens with one attached hydrogen (secondary N) is 2. The molecular weight excluding hydrogens is 224 g/mol. The molecule has 0 spiro atoms. The first-order valence-electron chi connectivity index (χ1n) is 5.73. The number of alkyl carbamates (subject to hydrolysis) is 1. The lowest BCUT2D eigenvalue weighted by Gasteiger charge is -2.29. The molecule has 1 rings (SSSR count). The van der Waals surface area contributed by atoms with Crippen molar-refractivity contribution in [3.63, 3.8) is 0 Å². The van der Waals surface area contributed by atoms with Crippen LogP contribution in [0.2, 0.25) is 0 Å². The van der Waals surface area contributed by atoms with E-state index in [4.69, 9.17) is 9.84 Å². The summed E-state index contributed by atoms with van der Waals surface area (Å²) in [5, 5.41) is 14.4. The third-order valence-electron chi connectivity index (χ3n) is 2.42. The number of piperidine rings is 1. The van der Waals surface area contributed by atoms with Crippen LogP contribution in [-0.2, 0) is 9.53 Å². The van der Waals surface area contributed by atoms with E-state index >= 15 is 0 Å². The van der Waals surface area contributed by atoms with E-state index in [1.54, 1.807) is 20.8 Å². The molecule has 1 saturated heterocycles. The Morgan fingerprint density at radius 2 is 2.06 bits per heavy atom. The highest BCUT2D eigenvalue weighted by atomic mass is 16.6. The summed E-state index contributed by atoms with van der Waals surface area (Å²) >= 11 is 0. The van der Waals surface area contributed by atoms with Crippen molar-refractivity contribution in [1.29, 1.82) is 0 Å². The fraction of sp³-hybridized carbons (Fsp3) is 0.818. The van der Waals surface area contributed by atoms with Crippen molar-refractivity contribution in [2.75, 3.05) is 6.54 Å². The first kappa shape index (κ1) is 13.8. The van der Waals surface area contributed by atoms with E-state index in [1.165, 1.54) is 0 Å². The van der Waals surface area contributed by atoms with Crippen LogP contribution in [0.3, 0.4) is 0 Å². The van der Waals surface area contributed by atoms with Gasteiger partial charge in [-0.15, -0.1) is 0 Å². The van der Waals surface area contributed by atoms with Crippen molar-refractivity contribution < 1.29 is 19.4 Å². The van der Waals surface area contributed by atoms with Gasteiger partial charge in [0.1, 0.15) is 11.6 Å². The summed E-state index contributed by atoms with van der Waals surface area (Å²) < 4.78 is 5.12. The van der Waals surface area contributed by atoms with Gasteiger partial charge < -0.3 is 20.5 Å². The zero-order valence-corrected chi connectivity index (χ0v) is 10.4. The van der Waals surface area contributed by atoms with Gasteiger partial charge in [0.2, 0.25) is 0 Å². The van der Waals surface area contributed by atoms with Gasteiger partial charge in [0, 0.05) is 6.04 Å². The molecule has 6 nitrogen and oxygen atoms in total. The third-order valence-corrected chi connectivity index (χ3v) is 2.42. The number of carbonyl (C=O) groups excluding carboxylic acids is 1. The lowest BCUT2D eigenvalue weighted by atomic mass is 10.00. The van der Waals surface area contributed by atoms with Gasteiger partial charge >= 0.3 is 12.1 Å². The number of hydrogen-bond donors (Lipinski definition) is 3. The monoisotopic (exact) mass is 244 g/mol. The van der Waals surface area contributed by atoms with Crippen LogP contribution in [0.1, 0.15) is 33.6 Å². The normalized spacial score (nSPS) is 25.1. The lowest BCUT2D eigenvalue weighted by molar-refractivity contribution is -0.140. The van der Waals surface area contributed by atoms with Crippen LogP contribution in [0.15, 0.2) is 0 Å². The molecule has 0 aromatic heterocycles. The first-order chi connectivity index (χ1) is 7.78. The lowest BCUT2D eigenvalue weighted by Crippen LogP contribution is -2.51. The van der Waals surface area contributed by atoms with Crippen LogP contribution in [0.5, 0.6) is 0 Å². The summed E-state index contributed by atoms with van der Waals surface area (Å²) in [5.41, 5.74) is -0.538. The second kappa shape index (κ2) is 5.35. The van der Waals surface area contributed by atoms with Crippen LogP contribution in [0.4, 0.5) is 4.79 Å². The molecule has 1 fully saturated rings. The molecule has 0 radical (unpaired) electrons. The Balaban J connectivity index is 2.41. The van der Waals surface area contributed by atoms with Gasteiger partial charge in [-0.05, 0) is 40.2 Å². The molecule has 1 amide bonds. The molecule has 17 heavy (non-hydrogen) atoms. The largest absolute Gasteiger partial charge is 0.480 e. The molecule has 1 heterocycles. The molecule has 1 aliphatic rings. The maximum absolute atomic E-state index is 11.5. The molecule has 0 aliphatic carbocycles. The van der Waals surface area contributed by atoms with Gasteiger partial charge in [0.25, 0.3) is 0 Å². The standard InChI is InChI=1S/C11H20N2O4/c1-11(2,3)17-10(16)13-7-4-5-12-8(6-7)9(14)15/h7-8,12H,4-6H2,1-3H3,(H,13,16)(H,14,15)/t7-,8-/m1/s1. The van der Waals surface area contributed by atoms with Gasteiger partial charge in [-0.2, -0.15) is 0 Å². The van der Waals surface area contributed by atoms with Gasteiger partial charge in [-0.25, -0.2) is 4.79 Å². The molecule has 0 aromatic rings. The number of hydrogen-bond acceptors (Lipinski definition) is 4. The van der Waals surface area contributed by atoms with E-state index in [0.29, 0.717) is 19.4 Å². The van der Waals surface area contributed by atoms with Crippen molar-refractivity contribution in [1.82, 2.24) is 10.6 Å². The molecule has 3 N–H and O–H groups in total. The quantitative estimate of drug-likeness (QED) is 0.666. The predicted molar refractivity (Wildman–Crippen MR) is 61.8 cm³/mol. The molecule has 0 unspecified atom stereocenters. The summed E-state index contributed by atoms with van der Waals surface area (Å²) in [6.45, 7) is 5.94. The molecule has 98 valence electrons. The SMILES string of the molecule is CC(C)(C)OC(=O)N[C@@H]1CCN[C@@H](C(=O)O)C1. The van der Waals surface area contributed by atoms with Gasteiger partial charge in [-0.3, -0.25) is 4.79 Å². The minimum atomic E-state index is -0.888. The summed E-state index contributed by atoms with van der Waals surface area (Å²) in [5.74, 6) is -0.888. The number of rotatable bonds is 2. The Morgan fingerprint density at radius 1 is 1.41 bits per heavy atom. The minimum absolute atomic E-state index is 0.146. The zero-order chi connectivity index (χ0) is 13.1. The Hall–Kier alpha value is -1.30. The van der Waals surface area contributed by atoms with Crippen LogP contribution in [-0.4, -0.2) is 41.4 Å². The highest BCUT2D eigenvalue weighted by Gasteiger charge is 2.28. The average molecular weight is 244 g/mol. The number of carboxylic acids is 1. The second-order valence-electron chi connectivity index (χ2n) is 5.21. The van der Waals surface area contributed by atoms with Crippen LogP contribution >= 0.6 is 0 Å². The van der Waals surface area contributed by atoms with E-state index in [9.17, 15) is 9.59 Å². The van der Waals surface area contributed by atoms with Crippen LogP contribution < -0.4 is 10.6 Å². The first-order valence-corrected chi connectivity index (χ1v) is 5.73. The zero-order valence-electron chi connectivity index (χ0n) is 10.4. The number of carboxylic acid groups (broad SMARTS) is 1. The van der Waals surface area contributed by atoms with Gasteiger partial charge in [-0.1, -0.05) is 0 Å². The highest BCUT2D eigenvalue weighted by Crippen LogP contribution is 2.11. The van der Waals surface area contributed by atoms with E-state index < -0.39 is 23.7 Å². The third kappa shape index (κ3) is 5.04. The van der Waals surface area contributed by atoms with Crippen molar-refractivity contribution in [3.8, 4) is 0 Å². The van der Waals surface area contributed by atoms with Crippen molar-refractivity contribution >= 4 is 12.1 Å². The molecule has 1 aliphatic heterocycles. The summed E-state index contributed by atoms with van der Waals surface area (Å²) in [4.78, 5) is 22.3. The Labute approximate surface area is 101 Å². The Kier molecular flexibility index (Phi) is 4.34. The maximum atomic E-state index is 11.5. The van der Waals surface area contributed by atoms with Gasteiger partial charge in [0.05, 0.1) is 0 Å². The summed E-state index contributed by atoms with van der Waals surface area (Å²) in [6.07, 6.45) is 0.603. The van der Waals surface area contributed by atoms with Crippen molar-refractivity contribution in [2.45, 2.75) is 51.3 Å². The molecule has 0 saturated carbocycles. The van der Waals surface area contributed by atoms with Gasteiger partial charge in [0.15, 0.2) is 0 Å². The fourth-order valence-electron chi connectivity index (χ4n) is 1.71. The fourth-order valence-corrected chi connectivity index (χ4v) is 1.71. The molecular formula is C11H20N2O4. The molecule has 0 bridgehead atoms. The molecule has 0 aromatic carbocycles. The smallest absolute Gasteiger partial charge is 0.407 e. The average Bonchev–Trinajstić information content (AvgIpc) is 2.14. The summed E-state index contributed by atoms with van der Waals surface area (Å²) in [7, 11) is 0. The van der Waals surface area contributed by atoms with Crippen molar-refractivity contribution in [2.24, 2.45) is 0 Å². The Morgan fingerprint density at radius 3 is 2.59 bits per heavy atom. The van der Waals surface area contributed by atoms with E-state index in [-0.39, 0.29) is 6.04 Å². The van der Waals surface area contributed by atoms with E-state index in [1.807, 2.05) is 0 Å². The topological polar surface area (TPSA) is 87.7 Å². The Bertz CT molecular complexity index is 298. The molecule has 2 atom stereocenters. The number of amides is 1. The molecule has 6 heteroatoms. The minimum Gasteiger partial charge on any atom is -0.480 e.